The van der Waals surface area contributed by atoms with Crippen molar-refractivity contribution in [1.29, 1.82) is 0 Å². The monoisotopic (exact) mass is 346 g/mol. The maximum absolute atomic E-state index is 12.5. The highest BCUT2D eigenvalue weighted by molar-refractivity contribution is 5.69. The van der Waals surface area contributed by atoms with Crippen molar-refractivity contribution in [3.05, 3.63) is 48.6 Å². The van der Waals surface area contributed by atoms with Gasteiger partial charge in [-0.3, -0.25) is 0 Å². The summed E-state index contributed by atoms with van der Waals surface area (Å²) < 4.78 is 5.54. The van der Waals surface area contributed by atoms with Crippen LogP contribution in [0.25, 0.3) is 0 Å². The Kier molecular flexibility index (Phi) is 6.62. The molecule has 1 heterocycles. The van der Waals surface area contributed by atoms with Crippen molar-refractivity contribution in [2.24, 2.45) is 0 Å². The summed E-state index contributed by atoms with van der Waals surface area (Å²) >= 11 is 0. The maximum Gasteiger partial charge on any atom is 0.410 e. The van der Waals surface area contributed by atoms with Gasteiger partial charge in [-0.15, -0.1) is 6.58 Å². The van der Waals surface area contributed by atoms with Gasteiger partial charge in [-0.25, -0.2) is 4.79 Å². The van der Waals surface area contributed by atoms with E-state index >= 15 is 0 Å². The topological polar surface area (TPSA) is 53.0 Å². The highest BCUT2D eigenvalue weighted by Crippen LogP contribution is 2.27. The molecule has 1 saturated heterocycles. The van der Waals surface area contributed by atoms with Gasteiger partial charge in [0.1, 0.15) is 5.60 Å². The first-order valence-electron chi connectivity index (χ1n) is 8.92. The fourth-order valence-corrected chi connectivity index (χ4v) is 3.28. The van der Waals surface area contributed by atoms with Crippen molar-refractivity contribution in [2.45, 2.75) is 64.3 Å². The number of likely N-dealkylation sites (tertiary alicyclic amines) is 1. The fourth-order valence-electron chi connectivity index (χ4n) is 3.28. The molecular weight excluding hydrogens is 316 g/mol. The van der Waals surface area contributed by atoms with Gasteiger partial charge < -0.3 is 14.8 Å². The molecule has 0 aromatic heterocycles. The van der Waals surface area contributed by atoms with Crippen molar-refractivity contribution < 1.29 is 14.7 Å². The number of carbonyl (C=O) groups is 1. The molecule has 2 rings (SSSR count). The Balaban J connectivity index is 2.11. The number of benzene rings is 1. The van der Waals surface area contributed by atoms with E-state index in [0.717, 1.165) is 18.4 Å². The van der Waals surface area contributed by atoms with Crippen LogP contribution in [-0.2, 0) is 11.3 Å². The number of rotatable bonds is 6. The molecule has 0 unspecified atom stereocenters. The quantitative estimate of drug-likeness (QED) is 0.619. The second kappa shape index (κ2) is 8.50. The van der Waals surface area contributed by atoms with E-state index in [-0.39, 0.29) is 18.2 Å². The molecule has 1 aliphatic rings. The molecule has 0 aliphatic carbocycles. The third kappa shape index (κ3) is 5.58. The molecule has 1 aliphatic heterocycles. The maximum atomic E-state index is 12.5. The zero-order valence-electron chi connectivity index (χ0n) is 15.5. The lowest BCUT2D eigenvalue weighted by Gasteiger charge is -2.36. The van der Waals surface area contributed by atoms with Crippen LogP contribution in [0.4, 0.5) is 4.79 Å². The van der Waals surface area contributed by atoms with Crippen LogP contribution >= 0.6 is 0 Å². The van der Waals surface area contributed by atoms with Crippen LogP contribution in [0.3, 0.4) is 0 Å². The first-order valence-corrected chi connectivity index (χ1v) is 8.92. The van der Waals surface area contributed by atoms with Gasteiger partial charge in [-0.1, -0.05) is 36.4 Å². The highest BCUT2D eigenvalue weighted by atomic mass is 16.6. The smallest absolute Gasteiger partial charge is 0.410 e. The third-order valence-electron chi connectivity index (χ3n) is 4.35. The van der Waals surface area contributed by atoms with Crippen LogP contribution in [0.1, 0.15) is 45.6 Å². The molecule has 25 heavy (non-hydrogen) atoms. The Bertz CT molecular complexity index is 568. The largest absolute Gasteiger partial charge is 0.444 e. The molecule has 5 heteroatoms. The van der Waals surface area contributed by atoms with E-state index in [4.69, 9.17) is 4.74 Å². The van der Waals surface area contributed by atoms with Crippen molar-refractivity contribution >= 4 is 6.09 Å². The summed E-state index contributed by atoms with van der Waals surface area (Å²) in [7, 11) is 0. The molecule has 1 fully saturated rings. The molecule has 138 valence electrons. The average Bonchev–Trinajstić information content (AvgIpc) is 3.01. The summed E-state index contributed by atoms with van der Waals surface area (Å²) in [4.78, 5) is 14.3. The molecule has 0 spiro atoms. The first kappa shape index (κ1) is 19.5. The van der Waals surface area contributed by atoms with Gasteiger partial charge in [-0.2, -0.15) is 5.06 Å². The van der Waals surface area contributed by atoms with E-state index in [1.54, 1.807) is 11.0 Å². The molecule has 1 aromatic rings. The standard InChI is InChI=1S/C20H30N2O3/c1-5-10-18(22(24)15-16-11-7-6-8-12-16)17-13-9-14-21(17)19(23)25-20(2,3)4/h5-8,11-12,17-18,24H,1,9-10,13-15H2,2-4H3/t17-,18-/m0/s1. The van der Waals surface area contributed by atoms with E-state index in [2.05, 4.69) is 6.58 Å². The molecule has 0 saturated carbocycles. The Morgan fingerprint density at radius 3 is 2.72 bits per heavy atom. The summed E-state index contributed by atoms with van der Waals surface area (Å²) in [5.74, 6) is 0. The summed E-state index contributed by atoms with van der Waals surface area (Å²) in [6.07, 6.45) is 3.86. The summed E-state index contributed by atoms with van der Waals surface area (Å²) in [5.41, 5.74) is 0.502. The Labute approximate surface area is 150 Å². The molecule has 0 bridgehead atoms. The van der Waals surface area contributed by atoms with E-state index < -0.39 is 5.60 Å². The van der Waals surface area contributed by atoms with Crippen LogP contribution in [0, 0.1) is 0 Å². The van der Waals surface area contributed by atoms with Gasteiger partial charge >= 0.3 is 6.09 Å². The molecule has 1 N–H and O–H groups in total. The zero-order chi connectivity index (χ0) is 18.4. The first-order chi connectivity index (χ1) is 11.8. The number of hydrogen-bond donors (Lipinski definition) is 1. The minimum Gasteiger partial charge on any atom is -0.444 e. The minimum absolute atomic E-state index is 0.0819. The number of ether oxygens (including phenoxy) is 1. The van der Waals surface area contributed by atoms with Gasteiger partial charge in [0.15, 0.2) is 0 Å². The van der Waals surface area contributed by atoms with Gasteiger partial charge in [0.2, 0.25) is 0 Å². The number of carbonyl (C=O) groups excluding carboxylic acids is 1. The number of hydrogen-bond acceptors (Lipinski definition) is 4. The van der Waals surface area contributed by atoms with Gasteiger partial charge in [0.05, 0.1) is 12.1 Å². The van der Waals surface area contributed by atoms with Crippen LogP contribution in [-0.4, -0.2) is 45.5 Å². The summed E-state index contributed by atoms with van der Waals surface area (Å²) in [6.45, 7) is 10.5. The van der Waals surface area contributed by atoms with Gasteiger partial charge in [0.25, 0.3) is 0 Å². The van der Waals surface area contributed by atoms with Crippen molar-refractivity contribution in [1.82, 2.24) is 9.96 Å². The van der Waals surface area contributed by atoms with Gasteiger partial charge in [-0.05, 0) is 45.6 Å². The molecular formula is C20H30N2O3. The number of hydroxylamine groups is 2. The third-order valence-corrected chi connectivity index (χ3v) is 4.35. The number of nitrogens with zero attached hydrogens (tertiary/aromatic N) is 2. The van der Waals surface area contributed by atoms with Crippen molar-refractivity contribution in [3.63, 3.8) is 0 Å². The highest BCUT2D eigenvalue weighted by Gasteiger charge is 2.38. The molecule has 0 radical (unpaired) electrons. The Morgan fingerprint density at radius 1 is 1.44 bits per heavy atom. The van der Waals surface area contributed by atoms with Crippen LogP contribution in [0.2, 0.25) is 0 Å². The Morgan fingerprint density at radius 2 is 2.12 bits per heavy atom. The molecule has 5 nitrogen and oxygen atoms in total. The normalized spacial score (nSPS) is 19.1. The van der Waals surface area contributed by atoms with Gasteiger partial charge in [0, 0.05) is 13.1 Å². The van der Waals surface area contributed by atoms with Crippen LogP contribution in [0.5, 0.6) is 0 Å². The Hall–Kier alpha value is -1.85. The second-order valence-corrected chi connectivity index (χ2v) is 7.56. The van der Waals surface area contributed by atoms with E-state index in [9.17, 15) is 10.0 Å². The molecule has 1 aromatic carbocycles. The average molecular weight is 346 g/mol. The lowest BCUT2D eigenvalue weighted by Crippen LogP contribution is -2.50. The predicted molar refractivity (Wildman–Crippen MR) is 98.3 cm³/mol. The van der Waals surface area contributed by atoms with Crippen molar-refractivity contribution in [2.75, 3.05) is 6.54 Å². The fraction of sp³-hybridized carbons (Fsp3) is 0.550. The van der Waals surface area contributed by atoms with Crippen LogP contribution in [0.15, 0.2) is 43.0 Å². The molecule has 2 atom stereocenters. The SMILES string of the molecule is C=CC[C@@H]([C@@H]1CCCN1C(=O)OC(C)(C)C)N(O)Cc1ccccc1. The summed E-state index contributed by atoms with van der Waals surface area (Å²) in [6, 6.07) is 9.54. The minimum atomic E-state index is -0.527. The predicted octanol–water partition coefficient (Wildman–Crippen LogP) is 4.22. The lowest BCUT2D eigenvalue weighted by molar-refractivity contribution is -0.149. The van der Waals surface area contributed by atoms with Crippen LogP contribution < -0.4 is 0 Å². The van der Waals surface area contributed by atoms with E-state index in [1.807, 2.05) is 51.1 Å². The molecule has 1 amide bonds. The summed E-state index contributed by atoms with van der Waals surface area (Å²) in [5, 5.41) is 12.0. The van der Waals surface area contributed by atoms with Crippen molar-refractivity contribution in [3.8, 4) is 0 Å². The number of amides is 1. The van der Waals surface area contributed by atoms with E-state index in [1.165, 1.54) is 5.06 Å². The zero-order valence-corrected chi connectivity index (χ0v) is 15.5. The lowest BCUT2D eigenvalue weighted by atomic mass is 10.0. The second-order valence-electron chi connectivity index (χ2n) is 7.56. The van der Waals surface area contributed by atoms with E-state index in [0.29, 0.717) is 19.5 Å².